The first-order chi connectivity index (χ1) is 10.4. The Hall–Kier alpha value is -1.24. The van der Waals surface area contributed by atoms with Crippen molar-refractivity contribution in [2.24, 2.45) is 0 Å². The first kappa shape index (κ1) is 18.8. The molecule has 1 aromatic carbocycles. The maximum Gasteiger partial charge on any atom is 0.472 e. The van der Waals surface area contributed by atoms with Crippen LogP contribution in [-0.2, 0) is 29.7 Å². The van der Waals surface area contributed by atoms with E-state index < -0.39 is 13.8 Å². The zero-order valence-electron chi connectivity index (χ0n) is 12.9. The normalized spacial score (nSPS) is 15.1. The van der Waals surface area contributed by atoms with Crippen molar-refractivity contribution < 1.29 is 32.8 Å². The van der Waals surface area contributed by atoms with Crippen LogP contribution in [0.25, 0.3) is 0 Å². The molecule has 0 saturated carbocycles. The second kappa shape index (κ2) is 9.02. The van der Waals surface area contributed by atoms with E-state index in [1.165, 1.54) is 14.2 Å². The minimum atomic E-state index is -4.23. The lowest BCUT2D eigenvalue weighted by atomic mass is 10.1. The molecule has 0 spiro atoms. The summed E-state index contributed by atoms with van der Waals surface area (Å²) in [6.45, 7) is 1.57. The topological polar surface area (TPSA) is 91.3 Å². The van der Waals surface area contributed by atoms with Gasteiger partial charge in [0.05, 0.1) is 32.0 Å². The van der Waals surface area contributed by atoms with Gasteiger partial charge in [-0.3, -0.25) is 9.05 Å². The molecule has 0 amide bonds. The number of rotatable bonds is 9. The predicted octanol–water partition coefficient (Wildman–Crippen LogP) is 2.53. The van der Waals surface area contributed by atoms with Gasteiger partial charge in [-0.15, -0.1) is 0 Å². The number of ether oxygens (including phenoxy) is 2. The number of phosphoric ester groups is 1. The van der Waals surface area contributed by atoms with Crippen LogP contribution in [0.1, 0.15) is 29.3 Å². The van der Waals surface area contributed by atoms with Crippen LogP contribution < -0.4 is 0 Å². The molecule has 0 radical (unpaired) electrons. The smallest absolute Gasteiger partial charge is 0.465 e. The van der Waals surface area contributed by atoms with Crippen LogP contribution in [0.3, 0.4) is 0 Å². The van der Waals surface area contributed by atoms with Crippen LogP contribution >= 0.6 is 7.82 Å². The van der Waals surface area contributed by atoms with E-state index in [4.69, 9.17) is 13.8 Å². The zero-order chi connectivity index (χ0) is 16.6. The Morgan fingerprint density at radius 3 is 2.55 bits per heavy atom. The van der Waals surface area contributed by atoms with E-state index in [2.05, 4.69) is 4.74 Å². The Labute approximate surface area is 129 Å². The van der Waals surface area contributed by atoms with Crippen molar-refractivity contribution in [3.8, 4) is 0 Å². The van der Waals surface area contributed by atoms with Crippen molar-refractivity contribution in [3.63, 3.8) is 0 Å². The molecular formula is C14H21O7P. The van der Waals surface area contributed by atoms with Crippen molar-refractivity contribution in [1.82, 2.24) is 0 Å². The summed E-state index contributed by atoms with van der Waals surface area (Å²) in [5.74, 6) is -0.543. The van der Waals surface area contributed by atoms with Gasteiger partial charge in [0.1, 0.15) is 0 Å². The third-order valence-corrected chi connectivity index (χ3v) is 3.95. The average molecular weight is 332 g/mol. The Bertz CT molecular complexity index is 528. The van der Waals surface area contributed by atoms with Crippen molar-refractivity contribution in [1.29, 1.82) is 0 Å². The predicted molar refractivity (Wildman–Crippen MR) is 79.4 cm³/mol. The monoisotopic (exact) mass is 332 g/mol. The zero-order valence-corrected chi connectivity index (χ0v) is 13.7. The highest BCUT2D eigenvalue weighted by Gasteiger charge is 2.24. The average Bonchev–Trinajstić information content (AvgIpc) is 2.53. The number of hydrogen-bond donors (Lipinski definition) is 1. The van der Waals surface area contributed by atoms with E-state index in [0.29, 0.717) is 12.0 Å². The van der Waals surface area contributed by atoms with Crippen molar-refractivity contribution in [2.45, 2.75) is 26.1 Å². The molecule has 0 aliphatic rings. The van der Waals surface area contributed by atoms with Gasteiger partial charge in [0, 0.05) is 7.11 Å². The molecule has 0 fully saturated rings. The third kappa shape index (κ3) is 5.87. The van der Waals surface area contributed by atoms with Crippen molar-refractivity contribution in [3.05, 3.63) is 35.4 Å². The lowest BCUT2D eigenvalue weighted by molar-refractivity contribution is 0.0362. The summed E-state index contributed by atoms with van der Waals surface area (Å²) in [6, 6.07) is 6.50. The van der Waals surface area contributed by atoms with Crippen LogP contribution in [0, 0.1) is 0 Å². The van der Waals surface area contributed by atoms with E-state index in [1.54, 1.807) is 24.3 Å². The molecule has 8 heteroatoms. The molecule has 0 bridgehead atoms. The molecule has 2 unspecified atom stereocenters. The standard InChI is InChI=1S/C14H21O7P/c1-4-12(18-2)10-21-22(16,17)20-9-11-7-5-6-8-13(11)14(15)19-3/h5-8,12H,4,9-10H2,1-3H3,(H,16,17). The van der Waals surface area contributed by atoms with Crippen LogP contribution in [0.4, 0.5) is 0 Å². The Kier molecular flexibility index (Phi) is 7.72. The number of phosphoric acid groups is 1. The molecular weight excluding hydrogens is 311 g/mol. The van der Waals surface area contributed by atoms with Crippen LogP contribution in [0.2, 0.25) is 0 Å². The second-order valence-electron chi connectivity index (χ2n) is 4.45. The Morgan fingerprint density at radius 1 is 1.27 bits per heavy atom. The van der Waals surface area contributed by atoms with Gasteiger partial charge >= 0.3 is 13.8 Å². The number of benzene rings is 1. The van der Waals surface area contributed by atoms with Crippen molar-refractivity contribution in [2.75, 3.05) is 20.8 Å². The van der Waals surface area contributed by atoms with E-state index in [1.807, 2.05) is 6.92 Å². The van der Waals surface area contributed by atoms with Gasteiger partial charge in [0.15, 0.2) is 0 Å². The fraction of sp³-hybridized carbons (Fsp3) is 0.500. The summed E-state index contributed by atoms with van der Waals surface area (Å²) in [5, 5.41) is 0. The highest BCUT2D eigenvalue weighted by Crippen LogP contribution is 2.44. The summed E-state index contributed by atoms with van der Waals surface area (Å²) in [5.41, 5.74) is 0.708. The van der Waals surface area contributed by atoms with Crippen LogP contribution in [0.5, 0.6) is 0 Å². The van der Waals surface area contributed by atoms with Crippen molar-refractivity contribution >= 4 is 13.8 Å². The highest BCUT2D eigenvalue weighted by atomic mass is 31.2. The molecule has 1 aromatic rings. The summed E-state index contributed by atoms with van der Waals surface area (Å²) in [4.78, 5) is 21.2. The van der Waals surface area contributed by atoms with Gasteiger partial charge < -0.3 is 14.4 Å². The largest absolute Gasteiger partial charge is 0.472 e. The minimum absolute atomic E-state index is 0.0561. The number of methoxy groups -OCH3 is 2. The summed E-state index contributed by atoms with van der Waals surface area (Å²) in [6.07, 6.45) is 0.355. The lowest BCUT2D eigenvalue weighted by Gasteiger charge is -2.17. The molecule has 0 aliphatic carbocycles. The number of carbonyl (C=O) groups excluding carboxylic acids is 1. The number of hydrogen-bond acceptors (Lipinski definition) is 6. The van der Waals surface area contributed by atoms with Gasteiger partial charge in [-0.2, -0.15) is 0 Å². The molecule has 22 heavy (non-hydrogen) atoms. The first-order valence-electron chi connectivity index (χ1n) is 6.74. The van der Waals surface area contributed by atoms with E-state index in [0.717, 1.165) is 0 Å². The van der Waals surface area contributed by atoms with Crippen LogP contribution in [-0.4, -0.2) is 37.8 Å². The summed E-state index contributed by atoms with van der Waals surface area (Å²) >= 11 is 0. The minimum Gasteiger partial charge on any atom is -0.465 e. The lowest BCUT2D eigenvalue weighted by Crippen LogP contribution is -2.16. The molecule has 2 atom stereocenters. The maximum absolute atomic E-state index is 11.8. The second-order valence-corrected chi connectivity index (χ2v) is 5.91. The van der Waals surface area contributed by atoms with Gasteiger partial charge in [-0.25, -0.2) is 9.36 Å². The molecule has 7 nitrogen and oxygen atoms in total. The number of carbonyl (C=O) groups is 1. The molecule has 0 heterocycles. The van der Waals surface area contributed by atoms with E-state index in [9.17, 15) is 14.3 Å². The van der Waals surface area contributed by atoms with E-state index >= 15 is 0 Å². The summed E-state index contributed by atoms with van der Waals surface area (Å²) in [7, 11) is -1.48. The Morgan fingerprint density at radius 2 is 1.95 bits per heavy atom. The molecule has 1 N–H and O–H groups in total. The molecule has 0 aliphatic heterocycles. The van der Waals surface area contributed by atoms with Gasteiger partial charge in [-0.05, 0) is 18.1 Å². The highest BCUT2D eigenvalue weighted by molar-refractivity contribution is 7.47. The molecule has 0 saturated heterocycles. The Balaban J connectivity index is 2.65. The quantitative estimate of drug-likeness (QED) is 0.549. The molecule has 1 rings (SSSR count). The number of esters is 1. The molecule has 124 valence electrons. The first-order valence-corrected chi connectivity index (χ1v) is 8.24. The fourth-order valence-electron chi connectivity index (χ4n) is 1.67. The molecule has 0 aromatic heterocycles. The van der Waals surface area contributed by atoms with Gasteiger partial charge in [-0.1, -0.05) is 25.1 Å². The summed E-state index contributed by atoms with van der Waals surface area (Å²) < 4.78 is 31.3. The van der Waals surface area contributed by atoms with Gasteiger partial charge in [0.2, 0.25) is 0 Å². The third-order valence-electron chi connectivity index (χ3n) is 3.02. The van der Waals surface area contributed by atoms with Crippen LogP contribution in [0.15, 0.2) is 24.3 Å². The fourth-order valence-corrected chi connectivity index (χ4v) is 2.40. The van der Waals surface area contributed by atoms with Gasteiger partial charge in [0.25, 0.3) is 0 Å². The van der Waals surface area contributed by atoms with E-state index in [-0.39, 0.29) is 24.9 Å². The maximum atomic E-state index is 11.8. The SMILES string of the molecule is CCC(COP(=O)(O)OCc1ccccc1C(=O)OC)OC.